The van der Waals surface area contributed by atoms with Crippen molar-refractivity contribution in [2.75, 3.05) is 0 Å². The first-order chi connectivity index (χ1) is 10.4. The van der Waals surface area contributed by atoms with E-state index >= 15 is 0 Å². The van der Waals surface area contributed by atoms with Crippen LogP contribution >= 0.6 is 0 Å². The van der Waals surface area contributed by atoms with Crippen molar-refractivity contribution in [3.05, 3.63) is 11.1 Å². The molecule has 2 aliphatic rings. The molecule has 6 nitrogen and oxygen atoms in total. The summed E-state index contributed by atoms with van der Waals surface area (Å²) in [4.78, 5) is 23.4. The fourth-order valence-corrected chi connectivity index (χ4v) is 3.75. The van der Waals surface area contributed by atoms with Crippen LogP contribution in [0.5, 0.6) is 0 Å². The molecule has 0 spiro atoms. The number of aliphatic hydroxyl groups is 2. The summed E-state index contributed by atoms with van der Waals surface area (Å²) in [6.07, 6.45) is 3.26. The molecule has 2 saturated carbocycles. The first-order valence-corrected chi connectivity index (χ1v) is 7.97. The van der Waals surface area contributed by atoms with Crippen LogP contribution in [-0.4, -0.2) is 44.6 Å². The molecule has 124 valence electrons. The number of carboxylic acids is 2. The molecule has 6 heteroatoms. The molecule has 0 bridgehead atoms. The maximum absolute atomic E-state index is 11.7. The first-order valence-electron chi connectivity index (χ1n) is 7.97. The summed E-state index contributed by atoms with van der Waals surface area (Å²) < 4.78 is 0. The number of aliphatic hydroxyl groups excluding tert-OH is 2. The van der Waals surface area contributed by atoms with E-state index in [0.29, 0.717) is 51.4 Å². The number of rotatable bonds is 4. The number of hydrogen-bond donors (Lipinski definition) is 4. The molecule has 0 atom stereocenters. The lowest BCUT2D eigenvalue weighted by atomic mass is 9.75. The van der Waals surface area contributed by atoms with Gasteiger partial charge in [-0.25, -0.2) is 9.59 Å². The maximum Gasteiger partial charge on any atom is 0.332 e. The van der Waals surface area contributed by atoms with Gasteiger partial charge in [0.15, 0.2) is 0 Å². The van der Waals surface area contributed by atoms with Gasteiger partial charge in [0.05, 0.1) is 23.4 Å². The van der Waals surface area contributed by atoms with Crippen molar-refractivity contribution in [1.82, 2.24) is 0 Å². The summed E-state index contributed by atoms with van der Waals surface area (Å²) in [5.41, 5.74) is 0.0292. The lowest BCUT2D eigenvalue weighted by Crippen LogP contribution is -2.29. The predicted molar refractivity (Wildman–Crippen MR) is 78.2 cm³/mol. The Balaban J connectivity index is 2.31. The fourth-order valence-electron chi connectivity index (χ4n) is 3.75. The molecular weight excluding hydrogens is 288 g/mol. The zero-order valence-corrected chi connectivity index (χ0v) is 12.6. The van der Waals surface area contributed by atoms with Crippen molar-refractivity contribution in [1.29, 1.82) is 0 Å². The zero-order valence-electron chi connectivity index (χ0n) is 12.6. The van der Waals surface area contributed by atoms with E-state index in [2.05, 4.69) is 0 Å². The first kappa shape index (κ1) is 17.0. The van der Waals surface area contributed by atoms with Gasteiger partial charge in [-0.2, -0.15) is 0 Å². The van der Waals surface area contributed by atoms with E-state index in [1.54, 1.807) is 0 Å². The third-order valence-electron chi connectivity index (χ3n) is 4.96. The number of carboxylic acid groups (broad SMARTS) is 2. The fraction of sp³-hybridized carbons (Fsp3) is 0.750. The smallest absolute Gasteiger partial charge is 0.332 e. The molecule has 0 unspecified atom stereocenters. The van der Waals surface area contributed by atoms with E-state index < -0.39 is 24.1 Å². The largest absolute Gasteiger partial charge is 0.478 e. The second-order valence-corrected chi connectivity index (χ2v) is 6.45. The summed E-state index contributed by atoms with van der Waals surface area (Å²) in [6, 6.07) is 0. The van der Waals surface area contributed by atoms with Gasteiger partial charge in [-0.3, -0.25) is 0 Å². The normalized spacial score (nSPS) is 33.9. The van der Waals surface area contributed by atoms with E-state index in [0.717, 1.165) is 0 Å². The van der Waals surface area contributed by atoms with Gasteiger partial charge in [-0.05, 0) is 63.2 Å². The van der Waals surface area contributed by atoms with Crippen LogP contribution in [0.3, 0.4) is 0 Å². The average Bonchev–Trinajstić information content (AvgIpc) is 2.46. The van der Waals surface area contributed by atoms with Crippen molar-refractivity contribution < 1.29 is 30.0 Å². The van der Waals surface area contributed by atoms with E-state index in [1.165, 1.54) is 0 Å². The quantitative estimate of drug-likeness (QED) is 0.586. The van der Waals surface area contributed by atoms with Crippen LogP contribution in [0.2, 0.25) is 0 Å². The second-order valence-electron chi connectivity index (χ2n) is 6.45. The van der Waals surface area contributed by atoms with Gasteiger partial charge < -0.3 is 20.4 Å². The van der Waals surface area contributed by atoms with Crippen LogP contribution in [0, 0.1) is 11.8 Å². The minimum Gasteiger partial charge on any atom is -0.478 e. The average molecular weight is 312 g/mol. The molecule has 0 aliphatic heterocycles. The molecule has 4 N–H and O–H groups in total. The molecule has 22 heavy (non-hydrogen) atoms. The highest BCUT2D eigenvalue weighted by Crippen LogP contribution is 2.38. The van der Waals surface area contributed by atoms with Crippen molar-refractivity contribution in [2.45, 2.75) is 63.6 Å². The number of aliphatic carboxylic acids is 2. The highest BCUT2D eigenvalue weighted by Gasteiger charge is 2.35. The van der Waals surface area contributed by atoms with Crippen LogP contribution in [0.1, 0.15) is 51.4 Å². The van der Waals surface area contributed by atoms with Crippen LogP contribution in [-0.2, 0) is 9.59 Å². The van der Waals surface area contributed by atoms with Crippen LogP contribution in [0.15, 0.2) is 11.1 Å². The Kier molecular flexibility index (Phi) is 5.58. The third kappa shape index (κ3) is 3.87. The van der Waals surface area contributed by atoms with Gasteiger partial charge in [0, 0.05) is 0 Å². The van der Waals surface area contributed by atoms with Gasteiger partial charge in [-0.1, -0.05) is 0 Å². The molecular formula is C16H24O6. The molecule has 0 aromatic heterocycles. The molecule has 2 rings (SSSR count). The summed E-state index contributed by atoms with van der Waals surface area (Å²) in [5.74, 6) is -2.94. The van der Waals surface area contributed by atoms with Crippen LogP contribution in [0.25, 0.3) is 0 Å². The van der Waals surface area contributed by atoms with E-state index in [9.17, 15) is 30.0 Å². The van der Waals surface area contributed by atoms with Gasteiger partial charge in [0.25, 0.3) is 0 Å². The predicted octanol–water partition coefficient (Wildman–Crippen LogP) is 1.55. The van der Waals surface area contributed by atoms with Gasteiger partial charge in [0.1, 0.15) is 0 Å². The van der Waals surface area contributed by atoms with Crippen LogP contribution < -0.4 is 0 Å². The zero-order chi connectivity index (χ0) is 16.3. The summed E-state index contributed by atoms with van der Waals surface area (Å²) in [7, 11) is 0. The van der Waals surface area contributed by atoms with Gasteiger partial charge in [-0.15, -0.1) is 0 Å². The van der Waals surface area contributed by atoms with Gasteiger partial charge in [0.2, 0.25) is 0 Å². The Bertz CT molecular complexity index is 411. The Morgan fingerprint density at radius 3 is 1.09 bits per heavy atom. The lowest BCUT2D eigenvalue weighted by molar-refractivity contribution is -0.137. The molecule has 0 aromatic carbocycles. The highest BCUT2D eigenvalue weighted by molar-refractivity contribution is 5.99. The van der Waals surface area contributed by atoms with Crippen LogP contribution in [0.4, 0.5) is 0 Å². The lowest BCUT2D eigenvalue weighted by Gasteiger charge is -2.31. The minimum atomic E-state index is -1.16. The summed E-state index contributed by atoms with van der Waals surface area (Å²) in [6.45, 7) is 0. The third-order valence-corrected chi connectivity index (χ3v) is 4.96. The number of carbonyl (C=O) groups is 2. The Morgan fingerprint density at radius 2 is 0.864 bits per heavy atom. The topological polar surface area (TPSA) is 115 Å². The van der Waals surface area contributed by atoms with E-state index in [-0.39, 0.29) is 23.0 Å². The van der Waals surface area contributed by atoms with Crippen molar-refractivity contribution >= 4 is 11.9 Å². The minimum absolute atomic E-state index is 0.0146. The molecule has 2 aliphatic carbocycles. The van der Waals surface area contributed by atoms with Crippen molar-refractivity contribution in [3.63, 3.8) is 0 Å². The van der Waals surface area contributed by atoms with Crippen molar-refractivity contribution in [2.24, 2.45) is 11.8 Å². The van der Waals surface area contributed by atoms with E-state index in [4.69, 9.17) is 0 Å². The molecule has 0 heterocycles. The Labute approximate surface area is 129 Å². The molecule has 0 amide bonds. The molecule has 0 aromatic rings. The number of hydrogen-bond acceptors (Lipinski definition) is 4. The Morgan fingerprint density at radius 1 is 0.591 bits per heavy atom. The van der Waals surface area contributed by atoms with Crippen molar-refractivity contribution in [3.8, 4) is 0 Å². The molecule has 2 fully saturated rings. The van der Waals surface area contributed by atoms with Gasteiger partial charge >= 0.3 is 11.9 Å². The Hall–Kier alpha value is -1.40. The summed E-state index contributed by atoms with van der Waals surface area (Å²) >= 11 is 0. The maximum atomic E-state index is 11.7. The molecule has 0 saturated heterocycles. The molecule has 0 radical (unpaired) electrons. The second kappa shape index (κ2) is 7.24. The standard InChI is InChI=1S/C16H24O6/c17-11-5-1-9(2-6-11)13(15(19)20)14(16(21)22)10-3-7-12(18)8-4-10/h9-12,17-18H,1-8H2,(H,19,20)(H,21,22)/b14-13-/t9-,10-,11+,12+. The van der Waals surface area contributed by atoms with E-state index in [1.807, 2.05) is 0 Å². The highest BCUT2D eigenvalue weighted by atomic mass is 16.4. The SMILES string of the molecule is O=C(O)/C(=C(\C(=O)O)[C@H]1CC[C@@H](O)CC1)[C@H]1CC[C@@H](O)CC1. The summed E-state index contributed by atoms with van der Waals surface area (Å²) in [5, 5.41) is 38.3. The monoisotopic (exact) mass is 312 g/mol.